The van der Waals surface area contributed by atoms with Crippen LogP contribution in [0.4, 0.5) is 5.82 Å². The van der Waals surface area contributed by atoms with E-state index in [9.17, 15) is 0 Å². The first-order valence-corrected chi connectivity index (χ1v) is 8.57. The molecule has 0 amide bonds. The Hall–Kier alpha value is -1.25. The molecule has 0 aliphatic carbocycles. The molecule has 0 aromatic carbocycles. The summed E-state index contributed by atoms with van der Waals surface area (Å²) in [6.07, 6.45) is 0. The maximum atomic E-state index is 6.07. The van der Waals surface area contributed by atoms with Gasteiger partial charge in [0, 0.05) is 4.88 Å². The number of nitrogen functional groups attached to an aromatic ring is 1. The van der Waals surface area contributed by atoms with E-state index in [0.717, 1.165) is 26.2 Å². The maximum Gasteiger partial charge on any atom is 0.170 e. The van der Waals surface area contributed by atoms with Crippen molar-refractivity contribution in [2.24, 2.45) is 0 Å². The highest BCUT2D eigenvalue weighted by Gasteiger charge is 2.13. The van der Waals surface area contributed by atoms with E-state index in [1.165, 1.54) is 22.0 Å². The molecule has 0 saturated carbocycles. The third-order valence-corrected chi connectivity index (χ3v) is 5.96. The van der Waals surface area contributed by atoms with Crippen molar-refractivity contribution < 1.29 is 0 Å². The Morgan fingerprint density at radius 1 is 1.15 bits per heavy atom. The van der Waals surface area contributed by atoms with Crippen LogP contribution in [0.5, 0.6) is 0 Å². The lowest BCUT2D eigenvalue weighted by molar-refractivity contribution is 1.07. The van der Waals surface area contributed by atoms with Crippen molar-refractivity contribution in [3.8, 4) is 0 Å². The molecule has 8 heteroatoms. The summed E-state index contributed by atoms with van der Waals surface area (Å²) in [4.78, 5) is 15.5. The molecule has 20 heavy (non-hydrogen) atoms. The number of anilines is 1. The molecular weight excluding hydrogens is 310 g/mol. The molecule has 3 rings (SSSR count). The molecular formula is C12H13N5S3. The van der Waals surface area contributed by atoms with Crippen LogP contribution in [-0.4, -0.2) is 19.3 Å². The van der Waals surface area contributed by atoms with Gasteiger partial charge in [-0.3, -0.25) is 0 Å². The summed E-state index contributed by atoms with van der Waals surface area (Å²) in [5.41, 5.74) is 7.25. The van der Waals surface area contributed by atoms with Crippen LogP contribution in [-0.2, 0) is 5.75 Å². The summed E-state index contributed by atoms with van der Waals surface area (Å²) in [6.45, 7) is 6.03. The molecule has 0 fully saturated rings. The Morgan fingerprint density at radius 3 is 2.65 bits per heavy atom. The summed E-state index contributed by atoms with van der Waals surface area (Å²) in [6, 6.07) is 0. The predicted octanol–water partition coefficient (Wildman–Crippen LogP) is 3.34. The minimum atomic E-state index is 0.570. The molecule has 3 aromatic heterocycles. The summed E-state index contributed by atoms with van der Waals surface area (Å²) < 4.78 is 5.09. The van der Waals surface area contributed by atoms with Gasteiger partial charge < -0.3 is 5.73 Å². The second kappa shape index (κ2) is 5.27. The number of aryl methyl sites for hydroxylation is 3. The zero-order valence-corrected chi connectivity index (χ0v) is 13.7. The fourth-order valence-corrected chi connectivity index (χ4v) is 4.41. The Labute approximate surface area is 128 Å². The van der Waals surface area contributed by atoms with Gasteiger partial charge in [0.05, 0.1) is 11.1 Å². The maximum absolute atomic E-state index is 6.07. The first kappa shape index (κ1) is 13.7. The smallest absolute Gasteiger partial charge is 0.170 e. The molecule has 104 valence electrons. The number of thiophene rings is 1. The molecule has 0 spiro atoms. The van der Waals surface area contributed by atoms with E-state index in [1.807, 2.05) is 6.92 Å². The zero-order chi connectivity index (χ0) is 14.3. The Morgan fingerprint density at radius 2 is 1.95 bits per heavy atom. The van der Waals surface area contributed by atoms with Gasteiger partial charge in [-0.05, 0) is 37.9 Å². The fraction of sp³-hybridized carbons (Fsp3) is 0.333. The normalized spacial score (nSPS) is 11.3. The van der Waals surface area contributed by atoms with Crippen LogP contribution in [0.1, 0.15) is 22.1 Å². The van der Waals surface area contributed by atoms with Crippen LogP contribution in [0.15, 0.2) is 4.34 Å². The van der Waals surface area contributed by atoms with Crippen molar-refractivity contribution in [2.75, 3.05) is 5.73 Å². The molecule has 3 aromatic rings. The number of hydrogen-bond donors (Lipinski definition) is 1. The van der Waals surface area contributed by atoms with Gasteiger partial charge in [-0.2, -0.15) is 4.37 Å². The monoisotopic (exact) mass is 323 g/mol. The van der Waals surface area contributed by atoms with Gasteiger partial charge in [0.25, 0.3) is 0 Å². The van der Waals surface area contributed by atoms with Crippen molar-refractivity contribution in [3.05, 3.63) is 22.1 Å². The molecule has 0 radical (unpaired) electrons. The Kier molecular flexibility index (Phi) is 3.61. The van der Waals surface area contributed by atoms with Gasteiger partial charge in [-0.15, -0.1) is 11.3 Å². The third-order valence-electron chi connectivity index (χ3n) is 2.94. The van der Waals surface area contributed by atoms with Crippen LogP contribution in [0.25, 0.3) is 10.2 Å². The van der Waals surface area contributed by atoms with Crippen molar-refractivity contribution in [2.45, 2.75) is 30.9 Å². The van der Waals surface area contributed by atoms with E-state index < -0.39 is 0 Å². The topological polar surface area (TPSA) is 77.6 Å². The number of nitrogens with two attached hydrogens (primary N) is 1. The summed E-state index contributed by atoms with van der Waals surface area (Å²) in [5, 5.41) is 0.994. The Balaban J connectivity index is 1.89. The fourth-order valence-electron chi connectivity index (χ4n) is 1.85. The highest BCUT2D eigenvalue weighted by Crippen LogP contribution is 2.33. The SMILES string of the molecule is Cc1nsc(SCc2nc(N)c3c(C)c(C)sc3n2)n1. The van der Waals surface area contributed by atoms with Gasteiger partial charge in [0.1, 0.15) is 22.3 Å². The number of thioether (sulfide) groups is 1. The van der Waals surface area contributed by atoms with Crippen molar-refractivity contribution in [1.82, 2.24) is 19.3 Å². The summed E-state index contributed by atoms with van der Waals surface area (Å²) in [7, 11) is 0. The molecule has 2 N–H and O–H groups in total. The third kappa shape index (κ3) is 2.50. The van der Waals surface area contributed by atoms with Gasteiger partial charge in [0.2, 0.25) is 0 Å². The van der Waals surface area contributed by atoms with Gasteiger partial charge in [-0.25, -0.2) is 15.0 Å². The van der Waals surface area contributed by atoms with E-state index in [0.29, 0.717) is 11.6 Å². The number of nitrogens with zero attached hydrogens (tertiary/aromatic N) is 4. The Bertz CT molecular complexity index is 777. The molecule has 0 unspecified atom stereocenters. The quantitative estimate of drug-likeness (QED) is 0.745. The van der Waals surface area contributed by atoms with Gasteiger partial charge in [-0.1, -0.05) is 11.8 Å². The van der Waals surface area contributed by atoms with E-state index >= 15 is 0 Å². The highest BCUT2D eigenvalue weighted by molar-refractivity contribution is 8.00. The standard InChI is InChI=1S/C12H13N5S3/c1-5-6(2)19-11-9(5)10(13)15-8(16-11)4-18-12-14-7(3)17-20-12/h4H2,1-3H3,(H2,13,15,16). The number of fused-ring (bicyclic) bond motifs is 1. The predicted molar refractivity (Wildman–Crippen MR) is 85.5 cm³/mol. The number of aromatic nitrogens is 4. The molecule has 0 aliphatic rings. The first-order valence-electron chi connectivity index (χ1n) is 6.00. The van der Waals surface area contributed by atoms with E-state index in [-0.39, 0.29) is 0 Å². The molecule has 0 bridgehead atoms. The molecule has 0 atom stereocenters. The minimum Gasteiger partial charge on any atom is -0.383 e. The average Bonchev–Trinajstić information content (AvgIpc) is 2.92. The molecule has 5 nitrogen and oxygen atoms in total. The second-order valence-electron chi connectivity index (χ2n) is 4.38. The minimum absolute atomic E-state index is 0.570. The summed E-state index contributed by atoms with van der Waals surface area (Å²) in [5.74, 6) is 2.78. The molecule has 0 aliphatic heterocycles. The van der Waals surface area contributed by atoms with Crippen LogP contribution >= 0.6 is 34.6 Å². The van der Waals surface area contributed by atoms with E-state index in [2.05, 4.69) is 33.2 Å². The number of rotatable bonds is 3. The van der Waals surface area contributed by atoms with Crippen LogP contribution < -0.4 is 5.73 Å². The molecule has 0 saturated heterocycles. The summed E-state index contributed by atoms with van der Waals surface area (Å²) >= 11 is 4.66. The van der Waals surface area contributed by atoms with Crippen molar-refractivity contribution >= 4 is 50.7 Å². The lowest BCUT2D eigenvalue weighted by Crippen LogP contribution is -1.99. The van der Waals surface area contributed by atoms with Crippen molar-refractivity contribution in [3.63, 3.8) is 0 Å². The van der Waals surface area contributed by atoms with E-state index in [4.69, 9.17) is 5.73 Å². The van der Waals surface area contributed by atoms with Crippen LogP contribution in [0.3, 0.4) is 0 Å². The first-order chi connectivity index (χ1) is 9.54. The zero-order valence-electron chi connectivity index (χ0n) is 11.3. The van der Waals surface area contributed by atoms with Gasteiger partial charge in [0.15, 0.2) is 4.34 Å². The lowest BCUT2D eigenvalue weighted by atomic mass is 10.2. The van der Waals surface area contributed by atoms with Crippen molar-refractivity contribution in [1.29, 1.82) is 0 Å². The number of hydrogen-bond acceptors (Lipinski definition) is 8. The van der Waals surface area contributed by atoms with Crippen LogP contribution in [0.2, 0.25) is 0 Å². The lowest BCUT2D eigenvalue weighted by Gasteiger charge is -2.02. The molecule has 3 heterocycles. The van der Waals surface area contributed by atoms with E-state index in [1.54, 1.807) is 23.1 Å². The largest absolute Gasteiger partial charge is 0.383 e. The highest BCUT2D eigenvalue weighted by atomic mass is 32.2. The second-order valence-corrected chi connectivity index (χ2v) is 7.56. The van der Waals surface area contributed by atoms with Crippen LogP contribution in [0, 0.1) is 20.8 Å². The van der Waals surface area contributed by atoms with Gasteiger partial charge >= 0.3 is 0 Å². The average molecular weight is 323 g/mol.